The maximum atomic E-state index is 4.39. The van der Waals surface area contributed by atoms with E-state index in [-0.39, 0.29) is 0 Å². The molecule has 0 aliphatic heterocycles. The Bertz CT molecular complexity index is 246. The van der Waals surface area contributed by atoms with E-state index in [0.717, 1.165) is 5.69 Å². The first kappa shape index (κ1) is 6.13. The maximum absolute atomic E-state index is 4.39. The van der Waals surface area contributed by atoms with Crippen molar-refractivity contribution in [3.05, 3.63) is 12.4 Å². The van der Waals surface area contributed by atoms with Gasteiger partial charge in [-0.1, -0.05) is 0 Å². The summed E-state index contributed by atoms with van der Waals surface area (Å²) in [6.45, 7) is 0. The minimum atomic E-state index is 0.743. The molecule has 0 bridgehead atoms. The van der Waals surface area contributed by atoms with Crippen LogP contribution in [0.4, 0.5) is 5.69 Å². The second-order valence-electron chi connectivity index (χ2n) is 1.58. The van der Waals surface area contributed by atoms with E-state index < -0.39 is 0 Å². The molecule has 0 aliphatic carbocycles. The molecule has 1 aromatic rings. The van der Waals surface area contributed by atoms with E-state index in [1.807, 2.05) is 7.05 Å². The average molecular weight is 139 g/mol. The van der Waals surface area contributed by atoms with Crippen LogP contribution in [0.15, 0.2) is 17.4 Å². The third-order valence-corrected chi connectivity index (χ3v) is 0.957. The lowest BCUT2D eigenvalue weighted by molar-refractivity contribution is 0.768. The summed E-state index contributed by atoms with van der Waals surface area (Å²) in [5.41, 5.74) is 0.743. The van der Waals surface area contributed by atoms with Crippen molar-refractivity contribution in [3.63, 3.8) is 0 Å². The fourth-order valence-corrected chi connectivity index (χ4v) is 0.624. The molecule has 4 heteroatoms. The summed E-state index contributed by atoms with van der Waals surface area (Å²) in [4.78, 5) is 3.71. The van der Waals surface area contributed by atoms with Gasteiger partial charge >= 0.3 is 0 Å². The zero-order valence-corrected chi connectivity index (χ0v) is 5.72. The van der Waals surface area contributed by atoms with Crippen LogP contribution in [0, 0.1) is 0 Å². The molecule has 3 nitrogen and oxygen atoms in total. The van der Waals surface area contributed by atoms with E-state index in [1.165, 1.54) is 0 Å². The Morgan fingerprint density at radius 2 is 2.67 bits per heavy atom. The predicted molar refractivity (Wildman–Crippen MR) is 37.9 cm³/mol. The van der Waals surface area contributed by atoms with E-state index >= 15 is 0 Å². The Morgan fingerprint density at radius 3 is 3.11 bits per heavy atom. The summed E-state index contributed by atoms with van der Waals surface area (Å²) in [7, 11) is 1.82. The first-order chi connectivity index (χ1) is 4.33. The summed E-state index contributed by atoms with van der Waals surface area (Å²) < 4.78 is 1.66. The monoisotopic (exact) mass is 139 g/mol. The van der Waals surface area contributed by atoms with Gasteiger partial charge in [0.05, 0.1) is 17.6 Å². The van der Waals surface area contributed by atoms with Crippen LogP contribution in [0.5, 0.6) is 0 Å². The number of aromatic nitrogens is 2. The lowest BCUT2D eigenvalue weighted by atomic mass is 10.6. The standard InChI is InChI=1S/C5H5N3S/c1-8-3-5(2-7-8)6-4-9/h2-3H,1H3. The molecule has 0 fully saturated rings. The minimum absolute atomic E-state index is 0.743. The Morgan fingerprint density at radius 1 is 1.89 bits per heavy atom. The smallest absolute Gasteiger partial charge is 0.112 e. The SMILES string of the molecule is Cn1cc(N=C=S)cn1. The Hall–Kier alpha value is -0.990. The van der Waals surface area contributed by atoms with Crippen LogP contribution in [0.3, 0.4) is 0 Å². The molecule has 0 aliphatic rings. The van der Waals surface area contributed by atoms with Crippen LogP contribution in [0.25, 0.3) is 0 Å². The molecule has 46 valence electrons. The van der Waals surface area contributed by atoms with Gasteiger partial charge in [-0.15, -0.1) is 0 Å². The minimum Gasteiger partial charge on any atom is -0.274 e. The van der Waals surface area contributed by atoms with Crippen molar-refractivity contribution in [2.45, 2.75) is 0 Å². The van der Waals surface area contributed by atoms with Gasteiger partial charge < -0.3 is 0 Å². The number of thiocarbonyl (C=S) groups is 1. The largest absolute Gasteiger partial charge is 0.274 e. The summed E-state index contributed by atoms with van der Waals surface area (Å²) in [5.74, 6) is 0. The first-order valence-corrected chi connectivity index (χ1v) is 2.80. The molecule has 0 spiro atoms. The molecule has 9 heavy (non-hydrogen) atoms. The third-order valence-electron chi connectivity index (χ3n) is 0.866. The zero-order chi connectivity index (χ0) is 6.69. The predicted octanol–water partition coefficient (Wildman–Crippen LogP) is 1.15. The highest BCUT2D eigenvalue weighted by Crippen LogP contribution is 2.05. The summed E-state index contributed by atoms with van der Waals surface area (Å²) >= 11 is 4.39. The van der Waals surface area contributed by atoms with Gasteiger partial charge in [-0.25, -0.2) is 0 Å². The van der Waals surface area contributed by atoms with E-state index in [1.54, 1.807) is 17.1 Å². The van der Waals surface area contributed by atoms with Crippen molar-refractivity contribution in [2.24, 2.45) is 12.0 Å². The molecule has 0 unspecified atom stereocenters. The Labute approximate surface area is 58.0 Å². The molecule has 0 amide bonds. The Balaban J connectivity index is 2.97. The van der Waals surface area contributed by atoms with Crippen LogP contribution < -0.4 is 0 Å². The highest BCUT2D eigenvalue weighted by atomic mass is 32.1. The third kappa shape index (κ3) is 1.45. The van der Waals surface area contributed by atoms with Gasteiger partial charge in [-0.05, 0) is 12.2 Å². The van der Waals surface area contributed by atoms with Gasteiger partial charge in [0.1, 0.15) is 5.69 Å². The molecule has 0 saturated carbocycles. The van der Waals surface area contributed by atoms with Gasteiger partial charge in [0, 0.05) is 7.05 Å². The fraction of sp³-hybridized carbons (Fsp3) is 0.200. The number of nitrogens with zero attached hydrogens (tertiary/aromatic N) is 3. The van der Waals surface area contributed by atoms with Crippen LogP contribution in [-0.4, -0.2) is 14.9 Å². The summed E-state index contributed by atoms with van der Waals surface area (Å²) in [6.07, 6.45) is 3.39. The molecule has 0 radical (unpaired) electrons. The van der Waals surface area contributed by atoms with Crippen LogP contribution in [0.1, 0.15) is 0 Å². The lowest BCUT2D eigenvalue weighted by Crippen LogP contribution is -1.83. The topological polar surface area (TPSA) is 30.2 Å². The van der Waals surface area contributed by atoms with Gasteiger partial charge in [-0.2, -0.15) is 10.1 Å². The second kappa shape index (κ2) is 2.53. The lowest BCUT2D eigenvalue weighted by Gasteiger charge is -1.78. The van der Waals surface area contributed by atoms with Crippen molar-refractivity contribution in [1.82, 2.24) is 9.78 Å². The van der Waals surface area contributed by atoms with Crippen molar-refractivity contribution in [3.8, 4) is 0 Å². The van der Waals surface area contributed by atoms with Gasteiger partial charge in [0.15, 0.2) is 0 Å². The molecule has 0 atom stereocenters. The number of aliphatic imine (C=N–C) groups is 1. The Kier molecular flexibility index (Phi) is 1.72. The van der Waals surface area contributed by atoms with E-state index in [4.69, 9.17) is 0 Å². The highest BCUT2D eigenvalue weighted by Gasteiger charge is 1.87. The molecular weight excluding hydrogens is 134 g/mol. The normalized spacial score (nSPS) is 8.56. The second-order valence-corrected chi connectivity index (χ2v) is 1.76. The van der Waals surface area contributed by atoms with Gasteiger partial charge in [-0.3, -0.25) is 4.68 Å². The summed E-state index contributed by atoms with van der Waals surface area (Å²) in [6, 6.07) is 0. The number of aryl methyl sites for hydroxylation is 1. The number of hydrogen-bond donors (Lipinski definition) is 0. The van der Waals surface area contributed by atoms with Crippen molar-refractivity contribution in [1.29, 1.82) is 0 Å². The van der Waals surface area contributed by atoms with Crippen LogP contribution in [0.2, 0.25) is 0 Å². The molecule has 1 heterocycles. The molecule has 0 N–H and O–H groups in total. The molecular formula is C5H5N3S. The van der Waals surface area contributed by atoms with E-state index in [9.17, 15) is 0 Å². The number of hydrogen-bond acceptors (Lipinski definition) is 3. The first-order valence-electron chi connectivity index (χ1n) is 2.39. The van der Waals surface area contributed by atoms with Crippen LogP contribution >= 0.6 is 12.2 Å². The van der Waals surface area contributed by atoms with Crippen molar-refractivity contribution in [2.75, 3.05) is 0 Å². The number of rotatable bonds is 1. The summed E-state index contributed by atoms with van der Waals surface area (Å²) in [5, 5.41) is 6.12. The van der Waals surface area contributed by atoms with Gasteiger partial charge in [0.2, 0.25) is 0 Å². The van der Waals surface area contributed by atoms with Gasteiger partial charge in [0.25, 0.3) is 0 Å². The quantitative estimate of drug-likeness (QED) is 0.431. The highest BCUT2D eigenvalue weighted by molar-refractivity contribution is 7.78. The zero-order valence-electron chi connectivity index (χ0n) is 4.90. The van der Waals surface area contributed by atoms with Crippen LogP contribution in [-0.2, 0) is 7.05 Å². The average Bonchev–Trinajstić information content (AvgIpc) is 2.17. The maximum Gasteiger partial charge on any atom is 0.112 e. The van der Waals surface area contributed by atoms with E-state index in [2.05, 4.69) is 27.5 Å². The molecule has 1 aromatic heterocycles. The fourth-order valence-electron chi connectivity index (χ4n) is 0.519. The number of isothiocyanates is 1. The van der Waals surface area contributed by atoms with Crippen molar-refractivity contribution < 1.29 is 0 Å². The van der Waals surface area contributed by atoms with Crippen molar-refractivity contribution >= 4 is 23.1 Å². The van der Waals surface area contributed by atoms with E-state index in [0.29, 0.717) is 0 Å². The molecule has 1 rings (SSSR count). The molecule has 0 aromatic carbocycles. The molecule has 0 saturated heterocycles.